The van der Waals surface area contributed by atoms with E-state index in [2.05, 4.69) is 18.2 Å². The van der Waals surface area contributed by atoms with E-state index in [1.54, 1.807) is 17.4 Å². The molecule has 1 heterocycles. The lowest BCUT2D eigenvalue weighted by molar-refractivity contribution is 0.112. The lowest BCUT2D eigenvalue weighted by Gasteiger charge is -2.00. The number of hydrogen-bond donors (Lipinski definition) is 0. The highest BCUT2D eigenvalue weighted by Crippen LogP contribution is 2.34. The van der Waals surface area contributed by atoms with E-state index < -0.39 is 0 Å². The number of rotatable bonds is 2. The van der Waals surface area contributed by atoms with Crippen molar-refractivity contribution < 1.29 is 4.79 Å². The van der Waals surface area contributed by atoms with Crippen molar-refractivity contribution >= 4 is 39.3 Å². The number of carbonyl (C=O) groups is 1. The quantitative estimate of drug-likeness (QED) is 0.598. The van der Waals surface area contributed by atoms with Gasteiger partial charge in [-0.2, -0.15) is 0 Å². The molecule has 0 atom stereocenters. The van der Waals surface area contributed by atoms with Gasteiger partial charge in [0.15, 0.2) is 6.29 Å². The smallest absolute Gasteiger partial charge is 0.151 e. The summed E-state index contributed by atoms with van der Waals surface area (Å²) in [5, 5.41) is 1.72. The molecule has 0 saturated heterocycles. The fraction of sp³-hybridized carbons (Fsp3) is 0. The molecule has 18 heavy (non-hydrogen) atoms. The number of hydrogen-bond acceptors (Lipinski definition) is 2. The molecule has 0 bridgehead atoms. The van der Waals surface area contributed by atoms with Crippen molar-refractivity contribution in [2.45, 2.75) is 0 Å². The molecular formula is C15H9ClOS. The standard InChI is InChI=1S/C15H9ClOS/c16-13-6-5-11(7-12(13)9-17)15-8-10-3-1-2-4-14(10)18-15/h1-9H. The summed E-state index contributed by atoms with van der Waals surface area (Å²) in [5.74, 6) is 0. The molecule has 0 aliphatic rings. The Kier molecular flexibility index (Phi) is 2.90. The van der Waals surface area contributed by atoms with E-state index in [4.69, 9.17) is 11.6 Å². The van der Waals surface area contributed by atoms with E-state index in [0.29, 0.717) is 10.6 Å². The van der Waals surface area contributed by atoms with E-state index in [9.17, 15) is 4.79 Å². The fourth-order valence-electron chi connectivity index (χ4n) is 1.91. The van der Waals surface area contributed by atoms with Crippen LogP contribution < -0.4 is 0 Å². The van der Waals surface area contributed by atoms with Crippen molar-refractivity contribution in [3.05, 3.63) is 59.1 Å². The molecule has 1 nitrogen and oxygen atoms in total. The number of aldehydes is 1. The number of thiophene rings is 1. The summed E-state index contributed by atoms with van der Waals surface area (Å²) in [6.07, 6.45) is 0.791. The van der Waals surface area contributed by atoms with Crippen molar-refractivity contribution in [2.24, 2.45) is 0 Å². The predicted octanol–water partition coefficient (Wildman–Crippen LogP) is 5.03. The molecule has 0 N–H and O–H groups in total. The van der Waals surface area contributed by atoms with Gasteiger partial charge in [-0.05, 0) is 35.2 Å². The molecule has 3 rings (SSSR count). The summed E-state index contributed by atoms with van der Waals surface area (Å²) in [6.45, 7) is 0. The molecular weight excluding hydrogens is 264 g/mol. The first-order valence-corrected chi connectivity index (χ1v) is 6.71. The Balaban J connectivity index is 2.16. The number of fused-ring (bicyclic) bond motifs is 1. The largest absolute Gasteiger partial charge is 0.298 e. The van der Waals surface area contributed by atoms with Crippen molar-refractivity contribution in [3.63, 3.8) is 0 Å². The van der Waals surface area contributed by atoms with Gasteiger partial charge in [0.05, 0.1) is 5.02 Å². The van der Waals surface area contributed by atoms with Gasteiger partial charge in [0.25, 0.3) is 0 Å². The summed E-state index contributed by atoms with van der Waals surface area (Å²) in [6, 6.07) is 15.9. The topological polar surface area (TPSA) is 17.1 Å². The van der Waals surface area contributed by atoms with E-state index in [0.717, 1.165) is 16.7 Å². The van der Waals surface area contributed by atoms with Gasteiger partial charge >= 0.3 is 0 Å². The van der Waals surface area contributed by atoms with E-state index in [-0.39, 0.29) is 0 Å². The van der Waals surface area contributed by atoms with Crippen LogP contribution >= 0.6 is 22.9 Å². The van der Waals surface area contributed by atoms with Crippen LogP contribution in [-0.4, -0.2) is 6.29 Å². The van der Waals surface area contributed by atoms with Crippen molar-refractivity contribution in [2.75, 3.05) is 0 Å². The number of halogens is 1. The molecule has 0 fully saturated rings. The monoisotopic (exact) mass is 272 g/mol. The highest BCUT2D eigenvalue weighted by atomic mass is 35.5. The SMILES string of the molecule is O=Cc1cc(-c2cc3ccccc3s2)ccc1Cl. The molecule has 1 aromatic heterocycles. The Bertz CT molecular complexity index is 697. The maximum Gasteiger partial charge on any atom is 0.151 e. The van der Waals surface area contributed by atoms with Crippen molar-refractivity contribution in [1.82, 2.24) is 0 Å². The summed E-state index contributed by atoms with van der Waals surface area (Å²) in [7, 11) is 0. The lowest BCUT2D eigenvalue weighted by atomic mass is 10.1. The van der Waals surface area contributed by atoms with Crippen LogP contribution in [0.25, 0.3) is 20.5 Å². The first kappa shape index (κ1) is 11.5. The summed E-state index contributed by atoms with van der Waals surface area (Å²) in [4.78, 5) is 12.1. The van der Waals surface area contributed by atoms with Crippen molar-refractivity contribution in [1.29, 1.82) is 0 Å². The molecule has 88 valence electrons. The Labute approximate surface area is 114 Å². The van der Waals surface area contributed by atoms with Gasteiger partial charge in [-0.25, -0.2) is 0 Å². The van der Waals surface area contributed by atoms with Gasteiger partial charge in [-0.1, -0.05) is 35.9 Å². The number of benzene rings is 2. The van der Waals surface area contributed by atoms with Crippen LogP contribution in [0, 0.1) is 0 Å². The molecule has 3 heteroatoms. The zero-order valence-corrected chi connectivity index (χ0v) is 11.0. The second-order valence-electron chi connectivity index (χ2n) is 4.00. The van der Waals surface area contributed by atoms with E-state index in [1.165, 1.54) is 10.1 Å². The molecule has 0 amide bonds. The van der Waals surface area contributed by atoms with Gasteiger partial charge in [0, 0.05) is 15.1 Å². The lowest BCUT2D eigenvalue weighted by Crippen LogP contribution is -1.82. The van der Waals surface area contributed by atoms with Crippen LogP contribution in [0.4, 0.5) is 0 Å². The molecule has 0 saturated carbocycles. The average molecular weight is 273 g/mol. The van der Waals surface area contributed by atoms with Gasteiger partial charge in [0.2, 0.25) is 0 Å². The third kappa shape index (κ3) is 1.94. The minimum atomic E-state index is 0.495. The molecule has 0 radical (unpaired) electrons. The maximum absolute atomic E-state index is 10.9. The van der Waals surface area contributed by atoms with Crippen LogP contribution in [0.3, 0.4) is 0 Å². The third-order valence-corrected chi connectivity index (χ3v) is 4.34. The summed E-state index contributed by atoms with van der Waals surface area (Å²) >= 11 is 7.65. The molecule has 0 aliphatic heterocycles. The van der Waals surface area contributed by atoms with Gasteiger partial charge in [-0.3, -0.25) is 4.79 Å². The van der Waals surface area contributed by atoms with Crippen LogP contribution in [-0.2, 0) is 0 Å². The Hall–Kier alpha value is -1.64. The summed E-state index contributed by atoms with van der Waals surface area (Å²) in [5.41, 5.74) is 1.56. The average Bonchev–Trinajstić information content (AvgIpc) is 2.83. The molecule has 0 aliphatic carbocycles. The van der Waals surface area contributed by atoms with Crippen molar-refractivity contribution in [3.8, 4) is 10.4 Å². The van der Waals surface area contributed by atoms with Gasteiger partial charge < -0.3 is 0 Å². The number of carbonyl (C=O) groups excluding carboxylic acids is 1. The second kappa shape index (κ2) is 4.56. The van der Waals surface area contributed by atoms with Crippen LogP contribution in [0.15, 0.2) is 48.5 Å². The van der Waals surface area contributed by atoms with Gasteiger partial charge in [0.1, 0.15) is 0 Å². The predicted molar refractivity (Wildman–Crippen MR) is 77.7 cm³/mol. The second-order valence-corrected chi connectivity index (χ2v) is 5.49. The first-order valence-electron chi connectivity index (χ1n) is 5.51. The molecule has 2 aromatic carbocycles. The highest BCUT2D eigenvalue weighted by Gasteiger charge is 2.06. The normalized spacial score (nSPS) is 10.7. The highest BCUT2D eigenvalue weighted by molar-refractivity contribution is 7.22. The zero-order valence-electron chi connectivity index (χ0n) is 9.39. The molecule has 0 spiro atoms. The zero-order chi connectivity index (χ0) is 12.5. The third-order valence-electron chi connectivity index (χ3n) is 2.83. The Morgan fingerprint density at radius 2 is 1.89 bits per heavy atom. The Morgan fingerprint density at radius 1 is 1.06 bits per heavy atom. The minimum Gasteiger partial charge on any atom is -0.298 e. The summed E-state index contributed by atoms with van der Waals surface area (Å²) < 4.78 is 1.25. The maximum atomic E-state index is 10.9. The van der Waals surface area contributed by atoms with Gasteiger partial charge in [-0.15, -0.1) is 11.3 Å². The van der Waals surface area contributed by atoms with Crippen LogP contribution in [0.1, 0.15) is 10.4 Å². The minimum absolute atomic E-state index is 0.495. The Morgan fingerprint density at radius 3 is 2.67 bits per heavy atom. The molecule has 0 unspecified atom stereocenters. The molecule has 3 aromatic rings. The fourth-order valence-corrected chi connectivity index (χ4v) is 3.13. The van der Waals surface area contributed by atoms with Crippen LogP contribution in [0.2, 0.25) is 5.02 Å². The first-order chi connectivity index (χ1) is 8.78. The van der Waals surface area contributed by atoms with E-state index >= 15 is 0 Å². The van der Waals surface area contributed by atoms with E-state index in [1.807, 2.05) is 24.3 Å². The van der Waals surface area contributed by atoms with Crippen LogP contribution in [0.5, 0.6) is 0 Å².